The molecular formula is C22H17NO2. The van der Waals surface area contributed by atoms with Crippen molar-refractivity contribution in [2.45, 2.75) is 0 Å². The highest BCUT2D eigenvalue weighted by molar-refractivity contribution is 5.90. The highest BCUT2D eigenvalue weighted by Crippen LogP contribution is 2.40. The molecule has 0 saturated heterocycles. The molecule has 4 rings (SSSR count). The predicted octanol–water partition coefficient (Wildman–Crippen LogP) is 5.68. The van der Waals surface area contributed by atoms with E-state index < -0.39 is 0 Å². The van der Waals surface area contributed by atoms with Crippen molar-refractivity contribution in [3.05, 3.63) is 84.9 Å². The number of hydrogen-bond donors (Lipinski definition) is 0. The van der Waals surface area contributed by atoms with Crippen molar-refractivity contribution in [1.82, 2.24) is 5.16 Å². The molecule has 1 heterocycles. The molecule has 3 nitrogen and oxygen atoms in total. The Balaban J connectivity index is 1.93. The Kier molecular flexibility index (Phi) is 4.05. The van der Waals surface area contributed by atoms with Crippen LogP contribution in [-0.2, 0) is 0 Å². The second-order valence-corrected chi connectivity index (χ2v) is 5.70. The molecule has 0 aliphatic heterocycles. The van der Waals surface area contributed by atoms with Crippen LogP contribution in [0.2, 0.25) is 0 Å². The topological polar surface area (TPSA) is 35.3 Å². The van der Waals surface area contributed by atoms with Gasteiger partial charge < -0.3 is 9.26 Å². The van der Waals surface area contributed by atoms with Gasteiger partial charge in [-0.25, -0.2) is 0 Å². The van der Waals surface area contributed by atoms with Crippen LogP contribution in [0.1, 0.15) is 0 Å². The molecule has 4 aromatic rings. The van der Waals surface area contributed by atoms with Crippen LogP contribution < -0.4 is 4.74 Å². The zero-order valence-corrected chi connectivity index (χ0v) is 13.8. The second-order valence-electron chi connectivity index (χ2n) is 5.70. The maximum atomic E-state index is 5.77. The Labute approximate surface area is 146 Å². The number of benzene rings is 3. The normalized spacial score (nSPS) is 10.6. The first-order chi connectivity index (χ1) is 12.4. The molecule has 0 saturated carbocycles. The maximum Gasteiger partial charge on any atom is 0.175 e. The summed E-state index contributed by atoms with van der Waals surface area (Å²) in [5.74, 6) is 1.59. The van der Waals surface area contributed by atoms with Crippen LogP contribution in [0.25, 0.3) is 33.7 Å². The maximum absolute atomic E-state index is 5.77. The molecule has 1 aromatic heterocycles. The summed E-state index contributed by atoms with van der Waals surface area (Å²) in [6, 6.07) is 28.1. The zero-order chi connectivity index (χ0) is 17.1. The molecule has 3 aromatic carbocycles. The van der Waals surface area contributed by atoms with Crippen molar-refractivity contribution in [2.75, 3.05) is 7.11 Å². The lowest BCUT2D eigenvalue weighted by Crippen LogP contribution is -1.86. The summed E-state index contributed by atoms with van der Waals surface area (Å²) >= 11 is 0. The molecule has 0 atom stereocenters. The van der Waals surface area contributed by atoms with Gasteiger partial charge in [0.15, 0.2) is 5.76 Å². The van der Waals surface area contributed by atoms with Crippen LogP contribution in [0.4, 0.5) is 0 Å². The average molecular weight is 327 g/mol. The van der Waals surface area contributed by atoms with Gasteiger partial charge in [0.25, 0.3) is 0 Å². The fourth-order valence-electron chi connectivity index (χ4n) is 2.90. The first-order valence-electron chi connectivity index (χ1n) is 8.12. The van der Waals surface area contributed by atoms with E-state index in [0.717, 1.165) is 39.5 Å². The first kappa shape index (κ1) is 15.2. The minimum Gasteiger partial charge on any atom is -0.497 e. The summed E-state index contributed by atoms with van der Waals surface area (Å²) in [6.45, 7) is 0. The lowest BCUT2D eigenvalue weighted by Gasteiger charge is -2.06. The van der Waals surface area contributed by atoms with E-state index in [4.69, 9.17) is 9.26 Å². The van der Waals surface area contributed by atoms with E-state index in [-0.39, 0.29) is 0 Å². The molecule has 3 heteroatoms. The molecule has 25 heavy (non-hydrogen) atoms. The van der Waals surface area contributed by atoms with Gasteiger partial charge in [-0.2, -0.15) is 0 Å². The lowest BCUT2D eigenvalue weighted by atomic mass is 9.96. The van der Waals surface area contributed by atoms with Gasteiger partial charge in [0.05, 0.1) is 12.7 Å². The Morgan fingerprint density at radius 3 is 1.88 bits per heavy atom. The molecule has 0 fully saturated rings. The summed E-state index contributed by atoms with van der Waals surface area (Å²) in [6.07, 6.45) is 0. The smallest absolute Gasteiger partial charge is 0.175 e. The van der Waals surface area contributed by atoms with E-state index in [0.29, 0.717) is 0 Å². The van der Waals surface area contributed by atoms with Crippen LogP contribution in [-0.4, -0.2) is 12.3 Å². The average Bonchev–Trinajstić information content (AvgIpc) is 3.14. The van der Waals surface area contributed by atoms with Gasteiger partial charge in [0, 0.05) is 11.1 Å². The minimum atomic E-state index is 0.768. The number of ether oxygens (including phenoxy) is 1. The highest BCUT2D eigenvalue weighted by atomic mass is 16.5. The molecule has 0 unspecified atom stereocenters. The van der Waals surface area contributed by atoms with E-state index in [9.17, 15) is 0 Å². The zero-order valence-electron chi connectivity index (χ0n) is 13.8. The Bertz CT molecular complexity index is 901. The van der Waals surface area contributed by atoms with Crippen molar-refractivity contribution in [3.8, 4) is 39.5 Å². The summed E-state index contributed by atoms with van der Waals surface area (Å²) in [5, 5.41) is 4.38. The molecular weight excluding hydrogens is 310 g/mol. The van der Waals surface area contributed by atoms with E-state index in [1.54, 1.807) is 7.11 Å². The first-order valence-corrected chi connectivity index (χ1v) is 8.12. The van der Waals surface area contributed by atoms with Crippen LogP contribution in [0.3, 0.4) is 0 Å². The van der Waals surface area contributed by atoms with E-state index in [2.05, 4.69) is 5.16 Å². The quantitative estimate of drug-likeness (QED) is 0.483. The second kappa shape index (κ2) is 6.65. The van der Waals surface area contributed by atoms with Crippen molar-refractivity contribution in [2.24, 2.45) is 0 Å². The van der Waals surface area contributed by atoms with E-state index in [1.807, 2.05) is 84.9 Å². The number of methoxy groups -OCH3 is 1. The molecule has 0 bridgehead atoms. The number of hydrogen-bond acceptors (Lipinski definition) is 3. The predicted molar refractivity (Wildman–Crippen MR) is 99.4 cm³/mol. The van der Waals surface area contributed by atoms with Crippen LogP contribution >= 0.6 is 0 Å². The number of rotatable bonds is 4. The highest BCUT2D eigenvalue weighted by Gasteiger charge is 2.20. The standard InChI is InChI=1S/C22H17NO2/c1-24-19-14-12-16(13-15-19)20-21(17-8-4-2-5-9-17)23-25-22(20)18-10-6-3-7-11-18/h2-15H,1H3. The van der Waals surface area contributed by atoms with Crippen molar-refractivity contribution < 1.29 is 9.26 Å². The van der Waals surface area contributed by atoms with Gasteiger partial charge in [-0.1, -0.05) is 78.0 Å². The molecule has 0 N–H and O–H groups in total. The minimum absolute atomic E-state index is 0.768. The molecule has 0 spiro atoms. The third-order valence-electron chi connectivity index (χ3n) is 4.15. The lowest BCUT2D eigenvalue weighted by molar-refractivity contribution is 0.415. The molecule has 122 valence electrons. The third-order valence-corrected chi connectivity index (χ3v) is 4.15. The van der Waals surface area contributed by atoms with Gasteiger partial charge in [-0.3, -0.25) is 0 Å². The molecule has 0 aliphatic carbocycles. The van der Waals surface area contributed by atoms with Gasteiger partial charge in [-0.15, -0.1) is 0 Å². The summed E-state index contributed by atoms with van der Waals surface area (Å²) in [7, 11) is 1.67. The summed E-state index contributed by atoms with van der Waals surface area (Å²) < 4.78 is 11.0. The van der Waals surface area contributed by atoms with Gasteiger partial charge in [0.2, 0.25) is 0 Å². The molecule has 0 radical (unpaired) electrons. The van der Waals surface area contributed by atoms with Gasteiger partial charge in [0.1, 0.15) is 11.4 Å². The van der Waals surface area contributed by atoms with E-state index in [1.165, 1.54) is 0 Å². The Hall–Kier alpha value is -3.33. The van der Waals surface area contributed by atoms with Crippen LogP contribution in [0, 0.1) is 0 Å². The van der Waals surface area contributed by atoms with Crippen LogP contribution in [0.15, 0.2) is 89.5 Å². The molecule has 0 amide bonds. The van der Waals surface area contributed by atoms with E-state index >= 15 is 0 Å². The fourth-order valence-corrected chi connectivity index (χ4v) is 2.90. The Morgan fingerprint density at radius 1 is 0.680 bits per heavy atom. The monoisotopic (exact) mass is 327 g/mol. The van der Waals surface area contributed by atoms with Gasteiger partial charge >= 0.3 is 0 Å². The largest absolute Gasteiger partial charge is 0.497 e. The third kappa shape index (κ3) is 2.92. The molecule has 0 aliphatic rings. The Morgan fingerprint density at radius 2 is 1.28 bits per heavy atom. The van der Waals surface area contributed by atoms with Gasteiger partial charge in [-0.05, 0) is 17.7 Å². The van der Waals surface area contributed by atoms with Crippen molar-refractivity contribution >= 4 is 0 Å². The van der Waals surface area contributed by atoms with Crippen LogP contribution in [0.5, 0.6) is 5.75 Å². The number of aromatic nitrogens is 1. The van der Waals surface area contributed by atoms with Crippen molar-refractivity contribution in [3.63, 3.8) is 0 Å². The SMILES string of the molecule is COc1ccc(-c2c(-c3ccccc3)noc2-c2ccccc2)cc1. The van der Waals surface area contributed by atoms with Crippen molar-refractivity contribution in [1.29, 1.82) is 0 Å². The summed E-state index contributed by atoms with van der Waals surface area (Å²) in [4.78, 5) is 0. The number of nitrogens with zero attached hydrogens (tertiary/aromatic N) is 1. The summed E-state index contributed by atoms with van der Waals surface area (Å²) in [5.41, 5.74) is 4.90. The fraction of sp³-hybridized carbons (Fsp3) is 0.0455.